The van der Waals surface area contributed by atoms with Gasteiger partial charge >= 0.3 is 0 Å². The smallest absolute Gasteiger partial charge is 0.227 e. The van der Waals surface area contributed by atoms with Crippen molar-refractivity contribution in [1.82, 2.24) is 4.98 Å². The summed E-state index contributed by atoms with van der Waals surface area (Å²) >= 11 is 0. The summed E-state index contributed by atoms with van der Waals surface area (Å²) in [5.41, 5.74) is 12.7. The van der Waals surface area contributed by atoms with E-state index < -0.39 is 0 Å². The van der Waals surface area contributed by atoms with Crippen LogP contribution in [0.5, 0.6) is 0 Å². The zero-order chi connectivity index (χ0) is 33.3. The fourth-order valence-corrected chi connectivity index (χ4v) is 6.85. The molecule has 1 heterocycles. The van der Waals surface area contributed by atoms with E-state index in [4.69, 9.17) is 9.40 Å². The van der Waals surface area contributed by atoms with Gasteiger partial charge in [0.1, 0.15) is 5.52 Å². The summed E-state index contributed by atoms with van der Waals surface area (Å²) in [5, 5.41) is 2.50. The van der Waals surface area contributed by atoms with Crippen molar-refractivity contribution in [3.05, 3.63) is 194 Å². The van der Waals surface area contributed by atoms with Crippen molar-refractivity contribution in [3.8, 4) is 44.8 Å². The topological polar surface area (TPSA) is 29.3 Å². The van der Waals surface area contributed by atoms with Crippen LogP contribution in [0.15, 0.2) is 199 Å². The van der Waals surface area contributed by atoms with Crippen molar-refractivity contribution in [2.24, 2.45) is 0 Å². The Bertz CT molecular complexity index is 2570. The molecule has 1 aromatic heterocycles. The monoisotopic (exact) mass is 640 g/mol. The number of anilines is 3. The van der Waals surface area contributed by atoms with E-state index in [0.29, 0.717) is 5.89 Å². The van der Waals surface area contributed by atoms with Crippen LogP contribution in [0, 0.1) is 0 Å². The van der Waals surface area contributed by atoms with Crippen molar-refractivity contribution in [1.29, 1.82) is 0 Å². The molecule has 3 heteroatoms. The Labute approximate surface area is 291 Å². The molecule has 0 bridgehead atoms. The van der Waals surface area contributed by atoms with Gasteiger partial charge in [0.15, 0.2) is 5.58 Å². The Morgan fingerprint density at radius 2 is 0.940 bits per heavy atom. The maximum atomic E-state index is 6.19. The molecule has 236 valence electrons. The van der Waals surface area contributed by atoms with E-state index in [1.807, 2.05) is 42.5 Å². The number of rotatable bonds is 7. The second-order valence-electron chi connectivity index (χ2n) is 12.4. The Kier molecular flexibility index (Phi) is 7.49. The van der Waals surface area contributed by atoms with E-state index in [0.717, 1.165) is 44.9 Å². The maximum Gasteiger partial charge on any atom is 0.227 e. The molecule has 0 aliphatic carbocycles. The molecule has 8 aromatic carbocycles. The van der Waals surface area contributed by atoms with E-state index >= 15 is 0 Å². The Balaban J connectivity index is 1.12. The van der Waals surface area contributed by atoms with Gasteiger partial charge in [0.05, 0.1) is 0 Å². The van der Waals surface area contributed by atoms with Crippen molar-refractivity contribution in [2.45, 2.75) is 0 Å². The molecule has 0 amide bonds. The first-order chi connectivity index (χ1) is 24.8. The number of aromatic nitrogens is 1. The van der Waals surface area contributed by atoms with Crippen LogP contribution in [0.4, 0.5) is 17.1 Å². The largest absolute Gasteiger partial charge is 0.436 e. The highest BCUT2D eigenvalue weighted by Crippen LogP contribution is 2.40. The highest BCUT2D eigenvalue weighted by atomic mass is 16.3. The Morgan fingerprint density at radius 3 is 1.68 bits per heavy atom. The lowest BCUT2D eigenvalue weighted by Gasteiger charge is -2.26. The standard InChI is InChI=1S/C47H32N2O/c1-3-12-33(13-4-1)38-18-9-19-41(32-38)49(39-28-24-35(25-29-39)43-21-10-17-34-14-7-8-20-42(34)43)40-30-26-36(27-31-40)44-22-11-23-45-46(44)48-47(50-45)37-15-5-2-6-16-37/h1-32H. The summed E-state index contributed by atoms with van der Waals surface area (Å²) in [6, 6.07) is 68.2. The zero-order valence-corrected chi connectivity index (χ0v) is 27.3. The Morgan fingerprint density at radius 1 is 0.380 bits per heavy atom. The maximum absolute atomic E-state index is 6.19. The molecule has 9 rings (SSSR count). The minimum Gasteiger partial charge on any atom is -0.436 e. The molecular formula is C47H32N2O. The summed E-state index contributed by atoms with van der Waals surface area (Å²) < 4.78 is 6.19. The van der Waals surface area contributed by atoms with Gasteiger partial charge in [0.2, 0.25) is 5.89 Å². The van der Waals surface area contributed by atoms with Crippen molar-refractivity contribution in [2.75, 3.05) is 4.90 Å². The number of oxazole rings is 1. The summed E-state index contributed by atoms with van der Waals surface area (Å²) in [7, 11) is 0. The Hall–Kier alpha value is -6.71. The SMILES string of the molecule is c1ccc(-c2cccc(N(c3ccc(-c4cccc5ccccc45)cc3)c3ccc(-c4cccc5oc(-c6ccccc6)nc45)cc3)c2)cc1. The third-order valence-corrected chi connectivity index (χ3v) is 9.31. The van der Waals surface area contributed by atoms with Gasteiger partial charge in [-0.25, -0.2) is 4.98 Å². The van der Waals surface area contributed by atoms with Crippen LogP contribution < -0.4 is 4.90 Å². The van der Waals surface area contributed by atoms with Crippen molar-refractivity contribution >= 4 is 38.9 Å². The fourth-order valence-electron chi connectivity index (χ4n) is 6.85. The molecule has 0 fully saturated rings. The predicted molar refractivity (Wildman–Crippen MR) is 208 cm³/mol. The van der Waals surface area contributed by atoms with Gasteiger partial charge in [-0.1, -0.05) is 140 Å². The van der Waals surface area contributed by atoms with E-state index in [-0.39, 0.29) is 0 Å². The van der Waals surface area contributed by atoms with Crippen LogP contribution in [-0.4, -0.2) is 4.98 Å². The van der Waals surface area contributed by atoms with Gasteiger partial charge in [-0.2, -0.15) is 0 Å². The molecule has 0 spiro atoms. The summed E-state index contributed by atoms with van der Waals surface area (Å²) in [4.78, 5) is 7.25. The summed E-state index contributed by atoms with van der Waals surface area (Å²) in [6.45, 7) is 0. The summed E-state index contributed by atoms with van der Waals surface area (Å²) in [6.07, 6.45) is 0. The number of hydrogen-bond acceptors (Lipinski definition) is 3. The first kappa shape index (κ1) is 29.4. The molecule has 9 aromatic rings. The molecule has 0 saturated heterocycles. The van der Waals surface area contributed by atoms with Crippen LogP contribution in [0.25, 0.3) is 66.7 Å². The first-order valence-corrected chi connectivity index (χ1v) is 16.9. The van der Waals surface area contributed by atoms with Crippen molar-refractivity contribution in [3.63, 3.8) is 0 Å². The lowest BCUT2D eigenvalue weighted by molar-refractivity contribution is 0.620. The first-order valence-electron chi connectivity index (χ1n) is 16.9. The third-order valence-electron chi connectivity index (χ3n) is 9.31. The van der Waals surface area contributed by atoms with Gasteiger partial charge in [0.25, 0.3) is 0 Å². The predicted octanol–water partition coefficient (Wildman–Crippen LogP) is 13.1. The number of para-hydroxylation sites is 1. The average molecular weight is 641 g/mol. The van der Waals surface area contributed by atoms with Crippen molar-refractivity contribution < 1.29 is 4.42 Å². The molecule has 0 atom stereocenters. The average Bonchev–Trinajstić information content (AvgIpc) is 3.64. The molecule has 0 unspecified atom stereocenters. The highest BCUT2D eigenvalue weighted by Gasteiger charge is 2.17. The second kappa shape index (κ2) is 12.7. The second-order valence-corrected chi connectivity index (χ2v) is 12.4. The number of nitrogens with zero attached hydrogens (tertiary/aromatic N) is 2. The lowest BCUT2D eigenvalue weighted by Crippen LogP contribution is -2.10. The van der Waals surface area contributed by atoms with Crippen LogP contribution in [-0.2, 0) is 0 Å². The summed E-state index contributed by atoms with van der Waals surface area (Å²) in [5.74, 6) is 0.626. The minimum absolute atomic E-state index is 0.626. The van der Waals surface area contributed by atoms with Crippen LogP contribution in [0.3, 0.4) is 0 Å². The van der Waals surface area contributed by atoms with E-state index in [9.17, 15) is 0 Å². The quantitative estimate of drug-likeness (QED) is 0.174. The van der Waals surface area contributed by atoms with Crippen LogP contribution in [0.1, 0.15) is 0 Å². The van der Waals surface area contributed by atoms with E-state index in [1.54, 1.807) is 0 Å². The van der Waals surface area contributed by atoms with Gasteiger partial charge in [-0.15, -0.1) is 0 Å². The third kappa shape index (κ3) is 5.51. The lowest BCUT2D eigenvalue weighted by atomic mass is 9.98. The fraction of sp³-hybridized carbons (Fsp3) is 0. The highest BCUT2D eigenvalue weighted by molar-refractivity contribution is 5.97. The minimum atomic E-state index is 0.626. The van der Waals surface area contributed by atoms with Gasteiger partial charge < -0.3 is 9.32 Å². The van der Waals surface area contributed by atoms with E-state index in [1.165, 1.54) is 33.0 Å². The van der Waals surface area contributed by atoms with Gasteiger partial charge in [-0.3, -0.25) is 0 Å². The number of hydrogen-bond donors (Lipinski definition) is 0. The molecule has 0 aliphatic heterocycles. The molecule has 0 saturated carbocycles. The molecular weight excluding hydrogens is 609 g/mol. The molecule has 0 radical (unpaired) electrons. The molecule has 0 aliphatic rings. The zero-order valence-electron chi connectivity index (χ0n) is 27.3. The van der Waals surface area contributed by atoms with Gasteiger partial charge in [-0.05, 0) is 93.2 Å². The van der Waals surface area contributed by atoms with Gasteiger partial charge in [0, 0.05) is 28.2 Å². The molecule has 3 nitrogen and oxygen atoms in total. The molecule has 0 N–H and O–H groups in total. The molecule has 50 heavy (non-hydrogen) atoms. The van der Waals surface area contributed by atoms with Crippen LogP contribution >= 0.6 is 0 Å². The number of fused-ring (bicyclic) bond motifs is 2. The van der Waals surface area contributed by atoms with Crippen LogP contribution in [0.2, 0.25) is 0 Å². The number of benzene rings is 8. The van der Waals surface area contributed by atoms with E-state index in [2.05, 4.69) is 157 Å². The normalized spacial score (nSPS) is 11.2.